The molecule has 0 unspecified atom stereocenters. The fraction of sp³-hybridized carbons (Fsp3) is 0.343. The Morgan fingerprint density at radius 1 is 1.21 bits per heavy atom. The van der Waals surface area contributed by atoms with E-state index < -0.39 is 5.79 Å². The first-order chi connectivity index (χ1) is 20.7. The third-order valence-corrected chi connectivity index (χ3v) is 8.69. The van der Waals surface area contributed by atoms with E-state index >= 15 is 0 Å². The minimum atomic E-state index is -0.527. The molecular formula is C35H36N5O3. The second-order valence-electron chi connectivity index (χ2n) is 12.3. The van der Waals surface area contributed by atoms with Crippen molar-refractivity contribution in [2.75, 3.05) is 29.5 Å². The van der Waals surface area contributed by atoms with Crippen molar-refractivity contribution in [1.82, 2.24) is 15.0 Å². The lowest BCUT2D eigenvalue weighted by Crippen LogP contribution is -2.46. The third-order valence-electron chi connectivity index (χ3n) is 8.69. The van der Waals surface area contributed by atoms with Crippen molar-refractivity contribution in [3.05, 3.63) is 96.0 Å². The summed E-state index contributed by atoms with van der Waals surface area (Å²) in [5, 5.41) is 0. The average Bonchev–Trinajstić information content (AvgIpc) is 3.49. The van der Waals surface area contributed by atoms with Crippen molar-refractivity contribution in [2.24, 2.45) is 0 Å². The number of allylic oxidation sites excluding steroid dienone is 1. The van der Waals surface area contributed by atoms with Crippen LogP contribution in [0.4, 0.5) is 11.5 Å². The number of hydrogen-bond acceptors (Lipinski definition) is 7. The lowest BCUT2D eigenvalue weighted by atomic mass is 9.99. The van der Waals surface area contributed by atoms with Gasteiger partial charge < -0.3 is 14.4 Å². The normalized spacial score (nSPS) is 21.9. The van der Waals surface area contributed by atoms with E-state index in [1.165, 1.54) is 11.5 Å². The second kappa shape index (κ2) is 10.5. The van der Waals surface area contributed by atoms with Crippen molar-refractivity contribution in [2.45, 2.75) is 58.0 Å². The molecule has 2 atom stereocenters. The minimum absolute atomic E-state index is 0.00204. The monoisotopic (exact) mass is 574 g/mol. The maximum absolute atomic E-state index is 14.0. The van der Waals surface area contributed by atoms with E-state index in [0.717, 1.165) is 70.8 Å². The van der Waals surface area contributed by atoms with Crippen molar-refractivity contribution in [3.63, 3.8) is 0 Å². The molecule has 8 heteroatoms. The number of hydrogen-bond donors (Lipinski definition) is 0. The van der Waals surface area contributed by atoms with Gasteiger partial charge in [0.2, 0.25) is 5.91 Å². The highest BCUT2D eigenvalue weighted by molar-refractivity contribution is 6.03. The average molecular weight is 575 g/mol. The molecule has 4 aliphatic rings. The van der Waals surface area contributed by atoms with E-state index in [1.807, 2.05) is 50.1 Å². The topological polar surface area (TPSA) is 80.7 Å². The van der Waals surface area contributed by atoms with Crippen LogP contribution < -0.4 is 9.80 Å². The molecule has 2 saturated heterocycles. The molecule has 2 bridgehead atoms. The number of carbonyl (C=O) groups excluding carboxylic acids is 1. The summed E-state index contributed by atoms with van der Waals surface area (Å²) >= 11 is 0. The molecule has 3 aromatic heterocycles. The number of fused-ring (bicyclic) bond motifs is 4. The Kier molecular flexibility index (Phi) is 6.78. The van der Waals surface area contributed by atoms with Gasteiger partial charge in [-0.2, -0.15) is 0 Å². The Bertz CT molecular complexity index is 1680. The first kappa shape index (κ1) is 27.7. The van der Waals surface area contributed by atoms with Gasteiger partial charge >= 0.3 is 0 Å². The van der Waals surface area contributed by atoms with Gasteiger partial charge in [0, 0.05) is 48.5 Å². The Balaban J connectivity index is 1.10. The highest BCUT2D eigenvalue weighted by Crippen LogP contribution is 2.44. The van der Waals surface area contributed by atoms with Crippen molar-refractivity contribution < 1.29 is 14.3 Å². The van der Waals surface area contributed by atoms with Crippen LogP contribution in [0.25, 0.3) is 22.9 Å². The van der Waals surface area contributed by atoms with E-state index in [2.05, 4.69) is 46.2 Å². The van der Waals surface area contributed by atoms with E-state index in [0.29, 0.717) is 12.4 Å². The summed E-state index contributed by atoms with van der Waals surface area (Å²) in [6.07, 6.45) is 11.4. The van der Waals surface area contributed by atoms with E-state index in [-0.39, 0.29) is 24.5 Å². The summed E-state index contributed by atoms with van der Waals surface area (Å²) in [6, 6.07) is 8.24. The summed E-state index contributed by atoms with van der Waals surface area (Å²) < 4.78 is 11.7. The Hall–Kier alpha value is -4.14. The standard InChI is InChI=1S/C35H36N5O3/c1-6-23-16-31-34(38-33(23)24-7-9-37-22(3)12-24)40(28-8-10-39(31)19-28)32(41)11-21(2)26-13-27(18-36-17-26)30-15-25(30)14-29-20-42-35(4,5)43-29/h6-7,9,12-13,15-18,28-29H,1-2,8,10-11,14,19-20H2,3-5H3/t28-,29+/m0/s1. The summed E-state index contributed by atoms with van der Waals surface area (Å²) in [4.78, 5) is 32.2. The number of aromatic nitrogens is 3. The van der Waals surface area contributed by atoms with Gasteiger partial charge in [-0.05, 0) is 74.6 Å². The molecule has 8 nitrogen and oxygen atoms in total. The highest BCUT2D eigenvalue weighted by Gasteiger charge is 2.41. The Labute approximate surface area is 252 Å². The molecule has 0 N–H and O–H groups in total. The van der Waals surface area contributed by atoms with Crippen molar-refractivity contribution in [1.29, 1.82) is 0 Å². The predicted molar refractivity (Wildman–Crippen MR) is 168 cm³/mol. The van der Waals surface area contributed by atoms with Gasteiger partial charge in [0.1, 0.15) is 0 Å². The molecule has 3 aliphatic heterocycles. The second-order valence-corrected chi connectivity index (χ2v) is 12.3. The van der Waals surface area contributed by atoms with E-state index in [9.17, 15) is 4.79 Å². The molecule has 2 fully saturated rings. The van der Waals surface area contributed by atoms with Crippen LogP contribution in [0.3, 0.4) is 0 Å². The molecule has 7 rings (SSSR count). The number of rotatable bonds is 8. The molecule has 43 heavy (non-hydrogen) atoms. The van der Waals surface area contributed by atoms with Crippen molar-refractivity contribution >= 4 is 29.1 Å². The first-order valence-corrected chi connectivity index (χ1v) is 14.9. The van der Waals surface area contributed by atoms with Gasteiger partial charge in [0.25, 0.3) is 0 Å². The van der Waals surface area contributed by atoms with Crippen molar-refractivity contribution in [3.8, 4) is 11.3 Å². The van der Waals surface area contributed by atoms with Crippen LogP contribution in [0.1, 0.15) is 55.5 Å². The van der Waals surface area contributed by atoms with Gasteiger partial charge in [-0.1, -0.05) is 30.9 Å². The van der Waals surface area contributed by atoms with E-state index in [4.69, 9.17) is 14.5 Å². The quantitative estimate of drug-likeness (QED) is 0.330. The zero-order valence-electron chi connectivity index (χ0n) is 25.0. The number of pyridine rings is 3. The maximum atomic E-state index is 14.0. The Morgan fingerprint density at radius 3 is 2.84 bits per heavy atom. The highest BCUT2D eigenvalue weighted by atomic mass is 16.7. The fourth-order valence-corrected chi connectivity index (χ4v) is 6.50. The van der Waals surface area contributed by atoms with Crippen LogP contribution in [-0.4, -0.2) is 58.5 Å². The fourth-order valence-electron chi connectivity index (χ4n) is 6.50. The van der Waals surface area contributed by atoms with Gasteiger partial charge in [-0.15, -0.1) is 0 Å². The lowest BCUT2D eigenvalue weighted by Gasteiger charge is -2.36. The number of aryl methyl sites for hydroxylation is 1. The minimum Gasteiger partial charge on any atom is -0.366 e. The van der Waals surface area contributed by atoms with Gasteiger partial charge in [0.05, 0.1) is 42.5 Å². The smallest absolute Gasteiger partial charge is 0.232 e. The molecule has 1 radical (unpaired) electrons. The summed E-state index contributed by atoms with van der Waals surface area (Å²) in [5.41, 5.74) is 8.49. The van der Waals surface area contributed by atoms with Crippen LogP contribution >= 0.6 is 0 Å². The van der Waals surface area contributed by atoms with Crippen LogP contribution in [0.5, 0.6) is 0 Å². The van der Waals surface area contributed by atoms with Crippen LogP contribution in [0, 0.1) is 12.8 Å². The molecule has 1 aliphatic carbocycles. The van der Waals surface area contributed by atoms with E-state index in [1.54, 1.807) is 12.4 Å². The van der Waals surface area contributed by atoms with Gasteiger partial charge in [-0.3, -0.25) is 19.7 Å². The zero-order valence-corrected chi connectivity index (χ0v) is 25.0. The van der Waals surface area contributed by atoms with Gasteiger partial charge in [0.15, 0.2) is 11.6 Å². The molecule has 219 valence electrons. The summed E-state index contributed by atoms with van der Waals surface area (Å²) in [5.74, 6) is 1.36. The zero-order chi connectivity index (χ0) is 29.9. The van der Waals surface area contributed by atoms with Crippen LogP contribution in [-0.2, 0) is 14.3 Å². The molecular weight excluding hydrogens is 538 g/mol. The largest absolute Gasteiger partial charge is 0.366 e. The SMILES string of the molecule is C=Cc1cc2c(nc1-c1ccnc(C)c1)N(C(=O)CC(=C)c1cncc([C]3C=C3C[C@@H]3COC(C)(C)O3)c1)[C@H]1CCN2C1. The molecule has 0 spiro atoms. The number of anilines is 2. The lowest BCUT2D eigenvalue weighted by molar-refractivity contribution is -0.137. The number of nitrogens with zero attached hydrogens (tertiary/aromatic N) is 5. The summed E-state index contributed by atoms with van der Waals surface area (Å²) in [7, 11) is 0. The molecule has 6 heterocycles. The Morgan fingerprint density at radius 2 is 2.07 bits per heavy atom. The number of ether oxygens (including phenoxy) is 2. The molecule has 0 saturated carbocycles. The predicted octanol–water partition coefficient (Wildman–Crippen LogP) is 5.92. The maximum Gasteiger partial charge on any atom is 0.232 e. The third kappa shape index (κ3) is 5.30. The molecule has 1 amide bonds. The van der Waals surface area contributed by atoms with Crippen LogP contribution in [0.2, 0.25) is 0 Å². The van der Waals surface area contributed by atoms with Crippen LogP contribution in [0.15, 0.2) is 67.7 Å². The molecule has 0 aromatic carbocycles. The number of carbonyl (C=O) groups is 1. The first-order valence-electron chi connectivity index (χ1n) is 14.9. The summed E-state index contributed by atoms with van der Waals surface area (Å²) in [6.45, 7) is 16.5. The molecule has 3 aromatic rings. The van der Waals surface area contributed by atoms with Gasteiger partial charge in [-0.25, -0.2) is 4.98 Å². The number of amides is 1.